The fourth-order valence-corrected chi connectivity index (χ4v) is 6.81. The zero-order chi connectivity index (χ0) is 31.6. The van der Waals surface area contributed by atoms with Crippen LogP contribution in [-0.4, -0.2) is 50.0 Å². The summed E-state index contributed by atoms with van der Waals surface area (Å²) >= 11 is 0. The number of hydrogen-bond acceptors (Lipinski definition) is 4. The highest BCUT2D eigenvalue weighted by atomic mass is 16.4. The summed E-state index contributed by atoms with van der Waals surface area (Å²) in [6.45, 7) is 11.9. The second-order valence-corrected chi connectivity index (χ2v) is 11.9. The largest absolute Gasteiger partial charge is 0.481 e. The lowest BCUT2D eigenvalue weighted by Gasteiger charge is -2.19. The SMILES string of the molecule is CCC1=C(C)/C(=C/c2[nH]c(Cc3[nH]c(CC4NC(=O)[C@H](C)[C@H]4CC)c(C)c3CCC(=O)O)c(CCC(=O)O)c2C)NC1=O. The highest BCUT2D eigenvalue weighted by Gasteiger charge is 2.38. The zero-order valence-corrected chi connectivity index (χ0v) is 26.0. The van der Waals surface area contributed by atoms with Crippen LogP contribution < -0.4 is 10.6 Å². The molecular weight excluding hydrogens is 548 g/mol. The van der Waals surface area contributed by atoms with E-state index in [4.69, 9.17) is 0 Å². The van der Waals surface area contributed by atoms with Crippen LogP contribution in [0.2, 0.25) is 0 Å². The smallest absolute Gasteiger partial charge is 0.303 e. The number of rotatable bonds is 13. The number of aromatic amines is 2. The van der Waals surface area contributed by atoms with E-state index in [0.717, 1.165) is 68.3 Å². The molecule has 2 amide bonds. The minimum Gasteiger partial charge on any atom is -0.481 e. The normalized spacial score (nSPS) is 21.2. The van der Waals surface area contributed by atoms with Gasteiger partial charge in [0.1, 0.15) is 0 Å². The van der Waals surface area contributed by atoms with Crippen molar-refractivity contribution in [2.75, 3.05) is 0 Å². The lowest BCUT2D eigenvalue weighted by atomic mass is 9.87. The molecule has 0 spiro atoms. The molecule has 0 aliphatic carbocycles. The predicted octanol–water partition coefficient (Wildman–Crippen LogP) is 4.49. The Bertz CT molecular complexity index is 1510. The number of carboxylic acid groups (broad SMARTS) is 2. The van der Waals surface area contributed by atoms with Crippen molar-refractivity contribution in [2.24, 2.45) is 11.8 Å². The summed E-state index contributed by atoms with van der Waals surface area (Å²) in [6.07, 6.45) is 5.11. The molecule has 2 aromatic heterocycles. The fourth-order valence-electron chi connectivity index (χ4n) is 6.81. The van der Waals surface area contributed by atoms with Crippen molar-refractivity contribution in [1.82, 2.24) is 20.6 Å². The minimum atomic E-state index is -0.889. The summed E-state index contributed by atoms with van der Waals surface area (Å²) in [5, 5.41) is 25.0. The molecule has 1 fully saturated rings. The van der Waals surface area contributed by atoms with Crippen LogP contribution in [0.4, 0.5) is 0 Å². The second-order valence-electron chi connectivity index (χ2n) is 11.9. The maximum atomic E-state index is 12.4. The molecule has 0 aromatic carbocycles. The van der Waals surface area contributed by atoms with E-state index in [1.165, 1.54) is 0 Å². The Morgan fingerprint density at radius 2 is 1.49 bits per heavy atom. The number of carbonyl (C=O) groups excluding carboxylic acids is 2. The van der Waals surface area contributed by atoms with Crippen molar-refractivity contribution in [1.29, 1.82) is 0 Å². The van der Waals surface area contributed by atoms with Crippen molar-refractivity contribution in [3.63, 3.8) is 0 Å². The molecule has 4 rings (SSSR count). The van der Waals surface area contributed by atoms with Crippen LogP contribution in [0.25, 0.3) is 6.08 Å². The summed E-state index contributed by atoms with van der Waals surface area (Å²) < 4.78 is 0. The van der Waals surface area contributed by atoms with Crippen LogP contribution in [0.3, 0.4) is 0 Å². The summed E-state index contributed by atoms with van der Waals surface area (Å²) in [7, 11) is 0. The molecule has 2 aromatic rings. The molecule has 3 atom stereocenters. The predicted molar refractivity (Wildman–Crippen MR) is 163 cm³/mol. The summed E-state index contributed by atoms with van der Waals surface area (Å²) in [5.41, 5.74) is 9.64. The maximum Gasteiger partial charge on any atom is 0.303 e. The fraction of sp³-hybridized carbons (Fsp3) is 0.515. The average molecular weight is 593 g/mol. The number of carboxylic acids is 2. The van der Waals surface area contributed by atoms with Gasteiger partial charge < -0.3 is 30.8 Å². The third-order valence-corrected chi connectivity index (χ3v) is 9.43. The zero-order valence-electron chi connectivity index (χ0n) is 26.0. The number of aromatic nitrogens is 2. The molecule has 4 heterocycles. The minimum absolute atomic E-state index is 0.00645. The molecule has 232 valence electrons. The Kier molecular flexibility index (Phi) is 9.67. The molecule has 2 aliphatic rings. The molecule has 0 radical (unpaired) electrons. The van der Waals surface area contributed by atoms with E-state index in [1.54, 1.807) is 0 Å². The highest BCUT2D eigenvalue weighted by molar-refractivity contribution is 6.01. The Balaban J connectivity index is 1.74. The van der Waals surface area contributed by atoms with Gasteiger partial charge >= 0.3 is 11.9 Å². The summed E-state index contributed by atoms with van der Waals surface area (Å²) in [4.78, 5) is 55.0. The lowest BCUT2D eigenvalue weighted by molar-refractivity contribution is -0.138. The van der Waals surface area contributed by atoms with Gasteiger partial charge in [0, 0.05) is 71.7 Å². The van der Waals surface area contributed by atoms with Crippen LogP contribution in [0.1, 0.15) is 98.4 Å². The third kappa shape index (κ3) is 6.63. The number of amides is 2. The molecule has 2 aliphatic heterocycles. The third-order valence-electron chi connectivity index (χ3n) is 9.43. The molecule has 0 bridgehead atoms. The molecule has 6 N–H and O–H groups in total. The number of H-pyrrole nitrogens is 2. The molecule has 1 saturated heterocycles. The van der Waals surface area contributed by atoms with Gasteiger partial charge in [-0.25, -0.2) is 0 Å². The Morgan fingerprint density at radius 1 is 0.884 bits per heavy atom. The van der Waals surface area contributed by atoms with Crippen molar-refractivity contribution in [3.8, 4) is 0 Å². The van der Waals surface area contributed by atoms with Gasteiger partial charge in [0.05, 0.1) is 0 Å². The van der Waals surface area contributed by atoms with E-state index in [2.05, 4.69) is 27.5 Å². The van der Waals surface area contributed by atoms with Gasteiger partial charge in [0.2, 0.25) is 5.91 Å². The Hall–Kier alpha value is -4.08. The van der Waals surface area contributed by atoms with Crippen LogP contribution in [0.5, 0.6) is 0 Å². The average Bonchev–Trinajstić information content (AvgIpc) is 3.59. The number of hydrogen-bond donors (Lipinski definition) is 6. The molecule has 0 saturated carbocycles. The molecule has 10 nitrogen and oxygen atoms in total. The molecular formula is C33H44N4O6. The van der Waals surface area contributed by atoms with E-state index < -0.39 is 11.9 Å². The van der Waals surface area contributed by atoms with Crippen LogP contribution in [-0.2, 0) is 44.9 Å². The molecule has 1 unspecified atom stereocenters. The van der Waals surface area contributed by atoms with E-state index >= 15 is 0 Å². The van der Waals surface area contributed by atoms with E-state index in [9.17, 15) is 29.4 Å². The lowest BCUT2D eigenvalue weighted by Crippen LogP contribution is -2.31. The van der Waals surface area contributed by atoms with Gasteiger partial charge in [0.15, 0.2) is 0 Å². The monoisotopic (exact) mass is 592 g/mol. The first-order valence-corrected chi connectivity index (χ1v) is 15.2. The highest BCUT2D eigenvalue weighted by Crippen LogP contribution is 2.33. The van der Waals surface area contributed by atoms with Crippen LogP contribution >= 0.6 is 0 Å². The van der Waals surface area contributed by atoms with E-state index in [1.807, 2.05) is 40.7 Å². The van der Waals surface area contributed by atoms with Gasteiger partial charge in [-0.2, -0.15) is 0 Å². The maximum absolute atomic E-state index is 12.4. The number of aliphatic carboxylic acids is 2. The van der Waals surface area contributed by atoms with E-state index in [0.29, 0.717) is 32.1 Å². The van der Waals surface area contributed by atoms with Crippen LogP contribution in [0.15, 0.2) is 16.8 Å². The standard InChI is InChI=1S/C33H44N4O6/c1-7-20-19(6)32(42)37-27(20)14-25-18(5)23(10-12-31(40)41)29(35-25)15-28-22(9-11-30(38)39)17(4)24(34-28)13-26-16(3)21(8-2)33(43)36-26/h13,19-20,27,34-35H,7-12,14-15H2,1-6H3,(H,36,43)(H,37,42)(H,38,39)(H,40,41)/b26-13-/t19-,20-,27?/m1/s1. The Morgan fingerprint density at radius 3 is 2.05 bits per heavy atom. The first-order valence-electron chi connectivity index (χ1n) is 15.2. The van der Waals surface area contributed by atoms with Crippen LogP contribution in [0, 0.1) is 25.7 Å². The van der Waals surface area contributed by atoms with Crippen molar-refractivity contribution >= 4 is 29.8 Å². The summed E-state index contributed by atoms with van der Waals surface area (Å²) in [5.74, 6) is -1.65. The van der Waals surface area contributed by atoms with Gasteiger partial charge in [-0.05, 0) is 79.9 Å². The number of allylic oxidation sites excluding steroid dienone is 1. The van der Waals surface area contributed by atoms with Crippen molar-refractivity contribution in [2.45, 2.75) is 99.0 Å². The quantitative estimate of drug-likeness (QED) is 0.201. The van der Waals surface area contributed by atoms with E-state index in [-0.39, 0.29) is 42.5 Å². The number of nitrogens with one attached hydrogen (secondary N) is 4. The summed E-state index contributed by atoms with van der Waals surface area (Å²) in [6, 6.07) is -0.00645. The second kappa shape index (κ2) is 13.1. The first kappa shape index (κ1) is 31.8. The number of carbonyl (C=O) groups is 4. The van der Waals surface area contributed by atoms with Crippen molar-refractivity contribution in [3.05, 3.63) is 61.9 Å². The van der Waals surface area contributed by atoms with Gasteiger partial charge in [0.25, 0.3) is 5.91 Å². The van der Waals surface area contributed by atoms with Gasteiger partial charge in [-0.1, -0.05) is 27.2 Å². The van der Waals surface area contributed by atoms with Gasteiger partial charge in [-0.3, -0.25) is 19.2 Å². The molecule has 10 heteroatoms. The molecule has 43 heavy (non-hydrogen) atoms. The first-order chi connectivity index (χ1) is 20.4. The topological polar surface area (TPSA) is 164 Å². The Labute approximate surface area is 252 Å². The van der Waals surface area contributed by atoms with Crippen molar-refractivity contribution < 1.29 is 29.4 Å². The van der Waals surface area contributed by atoms with Gasteiger partial charge in [-0.15, -0.1) is 0 Å².